The number of hydrazone groups is 1. The van der Waals surface area contributed by atoms with Crippen molar-refractivity contribution in [1.82, 2.24) is 15.0 Å². The maximum atomic E-state index is 5.75. The molecule has 2 N–H and O–H groups in total. The van der Waals surface area contributed by atoms with Crippen LogP contribution in [0, 0.1) is 0 Å². The van der Waals surface area contributed by atoms with Gasteiger partial charge in [0.15, 0.2) is 5.82 Å². The molecule has 1 saturated heterocycles. The summed E-state index contributed by atoms with van der Waals surface area (Å²) in [5, 5.41) is 5.50. The standard InChI is InChI=1S/C21H26N6O2/c1-2-3-10-29-21-24-19(13-20(25-21)27-8-11-28-12-9-27)26-23-15-16-14-22-18-7-5-4-6-17(16)18/h4-7,13-15,22H,2-3,8-12H2,1H3,(H,24,25,26)/b23-15+. The van der Waals surface area contributed by atoms with Crippen molar-refractivity contribution in [2.24, 2.45) is 5.10 Å². The Balaban J connectivity index is 1.52. The number of hydrogen-bond acceptors (Lipinski definition) is 7. The van der Waals surface area contributed by atoms with Crippen LogP contribution in [0.2, 0.25) is 0 Å². The molecule has 0 amide bonds. The highest BCUT2D eigenvalue weighted by Gasteiger charge is 2.15. The third-order valence-electron chi connectivity index (χ3n) is 4.76. The number of rotatable bonds is 8. The lowest BCUT2D eigenvalue weighted by atomic mass is 10.2. The van der Waals surface area contributed by atoms with Crippen LogP contribution >= 0.6 is 0 Å². The van der Waals surface area contributed by atoms with E-state index < -0.39 is 0 Å². The first-order chi connectivity index (χ1) is 14.3. The van der Waals surface area contributed by atoms with Gasteiger partial charge in [-0.1, -0.05) is 31.5 Å². The fourth-order valence-electron chi connectivity index (χ4n) is 3.17. The third kappa shape index (κ3) is 4.83. The lowest BCUT2D eigenvalue weighted by Gasteiger charge is -2.28. The van der Waals surface area contributed by atoms with Crippen LogP contribution in [0.25, 0.3) is 10.9 Å². The van der Waals surface area contributed by atoms with Gasteiger partial charge in [0.1, 0.15) is 5.82 Å². The molecule has 29 heavy (non-hydrogen) atoms. The van der Waals surface area contributed by atoms with Crippen molar-refractivity contribution in [1.29, 1.82) is 0 Å². The summed E-state index contributed by atoms with van der Waals surface area (Å²) in [6, 6.07) is 10.4. The molecule has 0 unspecified atom stereocenters. The highest BCUT2D eigenvalue weighted by molar-refractivity contribution is 5.99. The van der Waals surface area contributed by atoms with Crippen LogP contribution in [0.1, 0.15) is 25.3 Å². The molecule has 1 fully saturated rings. The topological polar surface area (TPSA) is 87.7 Å². The molecule has 3 aromatic rings. The smallest absolute Gasteiger partial charge is 0.320 e. The van der Waals surface area contributed by atoms with Crippen LogP contribution in [-0.2, 0) is 4.74 Å². The molecule has 1 aliphatic rings. The summed E-state index contributed by atoms with van der Waals surface area (Å²) in [7, 11) is 0. The normalized spacial score (nSPS) is 14.6. The van der Waals surface area contributed by atoms with E-state index in [1.807, 2.05) is 30.5 Å². The monoisotopic (exact) mass is 394 g/mol. The van der Waals surface area contributed by atoms with Crippen molar-refractivity contribution in [3.63, 3.8) is 0 Å². The van der Waals surface area contributed by atoms with Crippen molar-refractivity contribution < 1.29 is 9.47 Å². The first-order valence-corrected chi connectivity index (χ1v) is 10.0. The predicted octanol–water partition coefficient (Wildman–Crippen LogP) is 3.42. The van der Waals surface area contributed by atoms with Crippen LogP contribution in [0.4, 0.5) is 11.6 Å². The summed E-state index contributed by atoms with van der Waals surface area (Å²) in [4.78, 5) is 14.4. The number of para-hydroxylation sites is 1. The maximum absolute atomic E-state index is 5.75. The van der Waals surface area contributed by atoms with E-state index in [2.05, 4.69) is 43.4 Å². The number of aromatic nitrogens is 3. The minimum Gasteiger partial charge on any atom is -0.463 e. The Morgan fingerprint density at radius 3 is 3.00 bits per heavy atom. The number of aromatic amines is 1. The quantitative estimate of drug-likeness (QED) is 0.346. The molecule has 1 aliphatic heterocycles. The number of unbranched alkanes of at least 4 members (excludes halogenated alkanes) is 1. The summed E-state index contributed by atoms with van der Waals surface area (Å²) in [6.07, 6.45) is 5.75. The Morgan fingerprint density at radius 1 is 1.28 bits per heavy atom. The Morgan fingerprint density at radius 2 is 2.14 bits per heavy atom. The van der Waals surface area contributed by atoms with Crippen molar-refractivity contribution in [3.8, 4) is 6.01 Å². The summed E-state index contributed by atoms with van der Waals surface area (Å²) in [6.45, 7) is 5.70. The number of hydrogen-bond donors (Lipinski definition) is 2. The molecule has 8 nitrogen and oxygen atoms in total. The molecule has 3 heterocycles. The van der Waals surface area contributed by atoms with Crippen LogP contribution < -0.4 is 15.1 Å². The summed E-state index contributed by atoms with van der Waals surface area (Å²) >= 11 is 0. The summed E-state index contributed by atoms with van der Waals surface area (Å²) in [5.74, 6) is 1.42. The van der Waals surface area contributed by atoms with Gasteiger partial charge < -0.3 is 19.4 Å². The number of nitrogens with zero attached hydrogens (tertiary/aromatic N) is 4. The van der Waals surface area contributed by atoms with Crippen molar-refractivity contribution in [2.75, 3.05) is 43.2 Å². The van der Waals surface area contributed by atoms with Gasteiger partial charge in [0.05, 0.1) is 26.0 Å². The fourth-order valence-corrected chi connectivity index (χ4v) is 3.17. The molecule has 8 heteroatoms. The van der Waals surface area contributed by atoms with Gasteiger partial charge in [-0.15, -0.1) is 0 Å². The SMILES string of the molecule is CCCCOc1nc(N/N=C/c2c[nH]c3ccccc23)cc(N2CCOCC2)n1. The van der Waals surface area contributed by atoms with Gasteiger partial charge in [0, 0.05) is 41.8 Å². The Hall–Kier alpha value is -3.13. The minimum absolute atomic E-state index is 0.368. The second-order valence-corrected chi connectivity index (χ2v) is 6.85. The van der Waals surface area contributed by atoms with Crippen LogP contribution in [0.5, 0.6) is 6.01 Å². The van der Waals surface area contributed by atoms with Crippen LogP contribution in [-0.4, -0.2) is 54.1 Å². The number of H-pyrrole nitrogens is 1. The Bertz CT molecular complexity index is 965. The minimum atomic E-state index is 0.368. The molecule has 0 bridgehead atoms. The second kappa shape index (κ2) is 9.38. The molecule has 0 spiro atoms. The first kappa shape index (κ1) is 19.2. The Kier molecular flexibility index (Phi) is 6.21. The highest BCUT2D eigenvalue weighted by atomic mass is 16.5. The lowest BCUT2D eigenvalue weighted by molar-refractivity contribution is 0.122. The number of nitrogens with one attached hydrogen (secondary N) is 2. The Labute approximate surface area is 169 Å². The average Bonchev–Trinajstić information content (AvgIpc) is 3.18. The molecule has 1 aromatic carbocycles. The van der Waals surface area contributed by atoms with Crippen LogP contribution in [0.15, 0.2) is 41.6 Å². The number of anilines is 2. The van der Waals surface area contributed by atoms with E-state index in [1.165, 1.54) is 0 Å². The molecule has 0 aliphatic carbocycles. The zero-order valence-electron chi connectivity index (χ0n) is 16.6. The van der Waals surface area contributed by atoms with E-state index in [9.17, 15) is 0 Å². The first-order valence-electron chi connectivity index (χ1n) is 10.0. The molecular weight excluding hydrogens is 368 g/mol. The number of fused-ring (bicyclic) bond motifs is 1. The number of benzene rings is 1. The van der Waals surface area contributed by atoms with E-state index in [0.29, 0.717) is 31.6 Å². The van der Waals surface area contributed by atoms with Gasteiger partial charge in [-0.25, -0.2) is 0 Å². The zero-order chi connectivity index (χ0) is 19.9. The van der Waals surface area contributed by atoms with Gasteiger partial charge in [0.2, 0.25) is 0 Å². The van der Waals surface area contributed by atoms with E-state index in [-0.39, 0.29) is 0 Å². The molecule has 2 aromatic heterocycles. The van der Waals surface area contributed by atoms with Gasteiger partial charge in [0.25, 0.3) is 0 Å². The van der Waals surface area contributed by atoms with E-state index >= 15 is 0 Å². The van der Waals surface area contributed by atoms with Gasteiger partial charge in [-0.3, -0.25) is 5.43 Å². The molecule has 0 saturated carbocycles. The lowest BCUT2D eigenvalue weighted by Crippen LogP contribution is -2.36. The van der Waals surface area contributed by atoms with Gasteiger partial charge >= 0.3 is 6.01 Å². The predicted molar refractivity (Wildman–Crippen MR) is 115 cm³/mol. The molecule has 0 radical (unpaired) electrons. The van der Waals surface area contributed by atoms with E-state index in [4.69, 9.17) is 9.47 Å². The van der Waals surface area contributed by atoms with E-state index in [0.717, 1.165) is 48.2 Å². The number of ether oxygens (including phenoxy) is 2. The second-order valence-electron chi connectivity index (χ2n) is 6.85. The molecule has 152 valence electrons. The highest BCUT2D eigenvalue weighted by Crippen LogP contribution is 2.21. The van der Waals surface area contributed by atoms with Crippen molar-refractivity contribution in [2.45, 2.75) is 19.8 Å². The molecule has 0 atom stereocenters. The zero-order valence-corrected chi connectivity index (χ0v) is 16.6. The van der Waals surface area contributed by atoms with E-state index in [1.54, 1.807) is 6.21 Å². The summed E-state index contributed by atoms with van der Waals surface area (Å²) in [5.41, 5.74) is 5.11. The summed E-state index contributed by atoms with van der Waals surface area (Å²) < 4.78 is 11.2. The van der Waals surface area contributed by atoms with Crippen LogP contribution in [0.3, 0.4) is 0 Å². The largest absolute Gasteiger partial charge is 0.463 e. The van der Waals surface area contributed by atoms with Crippen molar-refractivity contribution >= 4 is 28.8 Å². The van der Waals surface area contributed by atoms with Crippen molar-refractivity contribution in [3.05, 3.63) is 42.1 Å². The molecule has 4 rings (SSSR count). The van der Waals surface area contributed by atoms with Gasteiger partial charge in [-0.05, 0) is 12.5 Å². The maximum Gasteiger partial charge on any atom is 0.320 e. The number of morpholine rings is 1. The molecular formula is C21H26N6O2. The van der Waals surface area contributed by atoms with Gasteiger partial charge in [-0.2, -0.15) is 15.1 Å². The third-order valence-corrected chi connectivity index (χ3v) is 4.76. The average molecular weight is 394 g/mol. The fraction of sp³-hybridized carbons (Fsp3) is 0.381.